The van der Waals surface area contributed by atoms with E-state index in [9.17, 15) is 19.8 Å². The monoisotopic (exact) mass is 571 g/mol. The van der Waals surface area contributed by atoms with Crippen molar-refractivity contribution in [3.8, 4) is 5.69 Å². The molecular weight excluding hydrogens is 530 g/mol. The lowest BCUT2D eigenvalue weighted by Gasteiger charge is -2.23. The van der Waals surface area contributed by atoms with Crippen molar-refractivity contribution in [1.82, 2.24) is 4.57 Å². The Hall–Kier alpha value is -3.98. The molecule has 0 saturated carbocycles. The van der Waals surface area contributed by atoms with E-state index in [1.54, 1.807) is 0 Å². The van der Waals surface area contributed by atoms with E-state index in [0.29, 0.717) is 6.42 Å². The van der Waals surface area contributed by atoms with Gasteiger partial charge >= 0.3 is 5.97 Å². The van der Waals surface area contributed by atoms with Crippen LogP contribution in [0.5, 0.6) is 0 Å². The van der Waals surface area contributed by atoms with Crippen LogP contribution in [0, 0.1) is 5.41 Å². The standard InChI is InChI=1S/C34H41N3O5/c1-33(2,3)32(41)36-27-13-15-28(16-14-27)37-20-26(12-9-24-7-5-4-6-8-24)29-19-25(10-17-30(29)37)11-18-31(40)42-23-34(35,21-38)22-39/h4-8,10,13-17,19-20,38-39H,9,11-12,18,21-23,35H2,1-3H3,(H,36,41). The first-order valence-corrected chi connectivity index (χ1v) is 14.3. The number of fused-ring (bicyclic) bond motifs is 1. The van der Waals surface area contributed by atoms with Crippen LogP contribution in [0.2, 0.25) is 0 Å². The van der Waals surface area contributed by atoms with Gasteiger partial charge in [0.1, 0.15) is 6.61 Å². The average molecular weight is 572 g/mol. The van der Waals surface area contributed by atoms with E-state index in [0.717, 1.165) is 40.7 Å². The maximum Gasteiger partial charge on any atom is 0.306 e. The number of carbonyl (C=O) groups excluding carboxylic acids is 2. The number of aromatic nitrogens is 1. The summed E-state index contributed by atoms with van der Waals surface area (Å²) in [5, 5.41) is 22.7. The molecule has 1 heterocycles. The van der Waals surface area contributed by atoms with Gasteiger partial charge in [-0.15, -0.1) is 0 Å². The topological polar surface area (TPSA) is 127 Å². The van der Waals surface area contributed by atoms with E-state index in [1.807, 2.05) is 69.3 Å². The molecule has 0 unspecified atom stereocenters. The molecule has 0 radical (unpaired) electrons. The number of hydrogen-bond donors (Lipinski definition) is 4. The van der Waals surface area contributed by atoms with Crippen molar-refractivity contribution >= 4 is 28.5 Å². The average Bonchev–Trinajstić information content (AvgIpc) is 3.36. The van der Waals surface area contributed by atoms with Crippen LogP contribution in [0.25, 0.3) is 16.6 Å². The first-order valence-electron chi connectivity index (χ1n) is 14.3. The van der Waals surface area contributed by atoms with Crippen molar-refractivity contribution in [3.05, 3.63) is 95.7 Å². The quantitative estimate of drug-likeness (QED) is 0.185. The maximum atomic E-state index is 12.4. The maximum absolute atomic E-state index is 12.4. The Morgan fingerprint density at radius 3 is 2.21 bits per heavy atom. The highest BCUT2D eigenvalue weighted by Crippen LogP contribution is 2.29. The first kappa shape index (κ1) is 31.0. The Bertz CT molecular complexity index is 1500. The highest BCUT2D eigenvalue weighted by Gasteiger charge is 2.25. The first-order chi connectivity index (χ1) is 20.0. The molecule has 0 fully saturated rings. The number of aliphatic hydroxyl groups excluding tert-OH is 2. The lowest BCUT2D eigenvalue weighted by Crippen LogP contribution is -2.51. The molecule has 0 atom stereocenters. The normalized spacial score (nSPS) is 12.0. The number of hydrogen-bond acceptors (Lipinski definition) is 6. The van der Waals surface area contributed by atoms with Gasteiger partial charge in [-0.05, 0) is 72.4 Å². The Labute approximate surface area is 247 Å². The van der Waals surface area contributed by atoms with Crippen LogP contribution in [0.15, 0.2) is 79.0 Å². The van der Waals surface area contributed by atoms with Crippen molar-refractivity contribution in [2.24, 2.45) is 11.1 Å². The van der Waals surface area contributed by atoms with Crippen LogP contribution < -0.4 is 11.1 Å². The molecule has 5 N–H and O–H groups in total. The zero-order chi connectivity index (χ0) is 30.3. The molecule has 8 nitrogen and oxygen atoms in total. The predicted octanol–water partition coefficient (Wildman–Crippen LogP) is 4.56. The van der Waals surface area contributed by atoms with Crippen LogP contribution in [-0.4, -0.2) is 52.0 Å². The highest BCUT2D eigenvalue weighted by molar-refractivity contribution is 5.94. The van der Waals surface area contributed by atoms with Gasteiger partial charge in [-0.2, -0.15) is 0 Å². The van der Waals surface area contributed by atoms with Gasteiger partial charge in [-0.1, -0.05) is 57.2 Å². The summed E-state index contributed by atoms with van der Waals surface area (Å²) >= 11 is 0. The molecule has 0 bridgehead atoms. The van der Waals surface area contributed by atoms with Gasteiger partial charge in [-0.3, -0.25) is 9.59 Å². The molecule has 222 valence electrons. The van der Waals surface area contributed by atoms with Crippen molar-refractivity contribution in [1.29, 1.82) is 0 Å². The summed E-state index contributed by atoms with van der Waals surface area (Å²) in [6.45, 7) is 4.44. The third-order valence-corrected chi connectivity index (χ3v) is 7.33. The molecule has 1 amide bonds. The summed E-state index contributed by atoms with van der Waals surface area (Å²) in [5.74, 6) is -0.474. The number of benzene rings is 3. The van der Waals surface area contributed by atoms with E-state index < -0.39 is 30.1 Å². The fourth-order valence-corrected chi connectivity index (χ4v) is 4.55. The summed E-state index contributed by atoms with van der Waals surface area (Å²) in [4.78, 5) is 24.8. The fourth-order valence-electron chi connectivity index (χ4n) is 4.55. The lowest BCUT2D eigenvalue weighted by atomic mass is 9.95. The number of amides is 1. The molecule has 4 rings (SSSR count). The summed E-state index contributed by atoms with van der Waals surface area (Å²) in [5.41, 5.74) is 10.2. The smallest absolute Gasteiger partial charge is 0.306 e. The molecular formula is C34H41N3O5. The van der Waals surface area contributed by atoms with Gasteiger partial charge in [0.05, 0.1) is 24.3 Å². The number of nitrogens with one attached hydrogen (secondary N) is 1. The number of carbonyl (C=O) groups is 2. The van der Waals surface area contributed by atoms with E-state index in [2.05, 4.69) is 40.3 Å². The summed E-state index contributed by atoms with van der Waals surface area (Å²) in [6.07, 6.45) is 4.54. The predicted molar refractivity (Wildman–Crippen MR) is 166 cm³/mol. The second-order valence-corrected chi connectivity index (χ2v) is 12.0. The highest BCUT2D eigenvalue weighted by atomic mass is 16.5. The van der Waals surface area contributed by atoms with E-state index in [1.165, 1.54) is 11.1 Å². The Morgan fingerprint density at radius 1 is 0.881 bits per heavy atom. The minimum Gasteiger partial charge on any atom is -0.464 e. The lowest BCUT2D eigenvalue weighted by molar-refractivity contribution is -0.146. The molecule has 0 aliphatic carbocycles. The Balaban J connectivity index is 1.56. The molecule has 0 aliphatic rings. The van der Waals surface area contributed by atoms with Crippen molar-refractivity contribution in [2.75, 3.05) is 25.1 Å². The number of ether oxygens (including phenoxy) is 1. The number of nitrogens with two attached hydrogens (primary N) is 1. The zero-order valence-electron chi connectivity index (χ0n) is 24.6. The van der Waals surface area contributed by atoms with Crippen LogP contribution in [0.4, 0.5) is 5.69 Å². The Morgan fingerprint density at radius 2 is 1.57 bits per heavy atom. The molecule has 42 heavy (non-hydrogen) atoms. The molecule has 0 aliphatic heterocycles. The minimum absolute atomic E-state index is 0.0366. The number of rotatable bonds is 12. The van der Waals surface area contributed by atoms with Crippen molar-refractivity contribution < 1.29 is 24.5 Å². The van der Waals surface area contributed by atoms with Gasteiger partial charge in [0.25, 0.3) is 0 Å². The Kier molecular flexibility index (Phi) is 9.83. The van der Waals surface area contributed by atoms with Gasteiger partial charge in [0, 0.05) is 34.8 Å². The second-order valence-electron chi connectivity index (χ2n) is 12.0. The fraction of sp³-hybridized carbons (Fsp3) is 0.353. The van der Waals surface area contributed by atoms with Gasteiger partial charge < -0.3 is 30.6 Å². The molecule has 0 spiro atoms. The number of anilines is 1. The van der Waals surface area contributed by atoms with Gasteiger partial charge in [0.15, 0.2) is 0 Å². The molecule has 1 aromatic heterocycles. The number of nitrogens with zero attached hydrogens (tertiary/aromatic N) is 1. The van der Waals surface area contributed by atoms with Crippen LogP contribution in [-0.2, 0) is 33.6 Å². The van der Waals surface area contributed by atoms with E-state index >= 15 is 0 Å². The summed E-state index contributed by atoms with van der Waals surface area (Å²) in [6, 6.07) is 24.4. The van der Waals surface area contributed by atoms with E-state index in [-0.39, 0.29) is 18.9 Å². The summed E-state index contributed by atoms with van der Waals surface area (Å²) in [7, 11) is 0. The van der Waals surface area contributed by atoms with Crippen LogP contribution >= 0.6 is 0 Å². The van der Waals surface area contributed by atoms with Gasteiger partial charge in [0.2, 0.25) is 5.91 Å². The van der Waals surface area contributed by atoms with Gasteiger partial charge in [-0.25, -0.2) is 0 Å². The number of aliphatic hydroxyl groups is 2. The van der Waals surface area contributed by atoms with Crippen molar-refractivity contribution in [2.45, 2.75) is 52.0 Å². The summed E-state index contributed by atoms with van der Waals surface area (Å²) < 4.78 is 7.37. The second kappa shape index (κ2) is 13.3. The van der Waals surface area contributed by atoms with Crippen molar-refractivity contribution in [3.63, 3.8) is 0 Å². The minimum atomic E-state index is -1.35. The molecule has 0 saturated heterocycles. The number of esters is 1. The third-order valence-electron chi connectivity index (χ3n) is 7.33. The largest absolute Gasteiger partial charge is 0.464 e. The number of aryl methyl sites for hydroxylation is 3. The molecule has 8 heteroatoms. The van der Waals surface area contributed by atoms with E-state index in [4.69, 9.17) is 10.5 Å². The molecule has 4 aromatic rings. The van der Waals surface area contributed by atoms with Crippen LogP contribution in [0.3, 0.4) is 0 Å². The third kappa shape index (κ3) is 7.85. The van der Waals surface area contributed by atoms with Crippen LogP contribution in [0.1, 0.15) is 43.9 Å². The molecule has 3 aromatic carbocycles. The zero-order valence-corrected chi connectivity index (χ0v) is 24.6. The SMILES string of the molecule is CC(C)(C)C(=O)Nc1ccc(-n2cc(CCc3ccccc3)c3cc(CCC(=O)OCC(N)(CO)CO)ccc32)cc1.